The molecule has 0 aromatic rings. The molecule has 0 unspecified atom stereocenters. The predicted octanol–water partition coefficient (Wildman–Crippen LogP) is -0.362. The van der Waals surface area contributed by atoms with Gasteiger partial charge in [0.15, 0.2) is 9.84 Å². The quantitative estimate of drug-likeness (QED) is 0.602. The Kier molecular flexibility index (Phi) is 3.11. The summed E-state index contributed by atoms with van der Waals surface area (Å²) in [5.41, 5.74) is 0. The summed E-state index contributed by atoms with van der Waals surface area (Å²) in [5.74, 6) is 0.169. The van der Waals surface area contributed by atoms with Gasteiger partial charge in [0.1, 0.15) is 0 Å². The van der Waals surface area contributed by atoms with Crippen molar-refractivity contribution in [1.82, 2.24) is 4.90 Å². The average molecular weight is 256 g/mol. The summed E-state index contributed by atoms with van der Waals surface area (Å²) in [6.07, 6.45) is 0. The van der Waals surface area contributed by atoms with Crippen molar-refractivity contribution in [2.45, 2.75) is 0 Å². The van der Waals surface area contributed by atoms with Gasteiger partial charge in [0.05, 0.1) is 16.8 Å². The van der Waals surface area contributed by atoms with Gasteiger partial charge in [0.25, 0.3) is 0 Å². The molecule has 1 rings (SSSR count). The molecular weight excluding hydrogens is 246 g/mol. The lowest BCUT2D eigenvalue weighted by atomic mass is 10.5. The van der Waals surface area contributed by atoms with E-state index in [0.717, 1.165) is 0 Å². The SMILES string of the molecule is O=C(CBr)N1CCS(=O)(=O)CC1. The second kappa shape index (κ2) is 3.74. The minimum atomic E-state index is -2.87. The van der Waals surface area contributed by atoms with Gasteiger partial charge in [-0.25, -0.2) is 8.42 Å². The normalized spacial score (nSPS) is 22.2. The van der Waals surface area contributed by atoms with Crippen molar-refractivity contribution in [3.8, 4) is 0 Å². The van der Waals surface area contributed by atoms with Crippen LogP contribution in [0.5, 0.6) is 0 Å². The Bertz CT molecular complexity index is 261. The summed E-state index contributed by atoms with van der Waals surface area (Å²) in [6, 6.07) is 0. The van der Waals surface area contributed by atoms with E-state index in [0.29, 0.717) is 13.1 Å². The predicted molar refractivity (Wildman–Crippen MR) is 49.0 cm³/mol. The molecule has 0 spiro atoms. The van der Waals surface area contributed by atoms with Gasteiger partial charge in [-0.05, 0) is 0 Å². The zero-order chi connectivity index (χ0) is 9.19. The lowest BCUT2D eigenvalue weighted by Crippen LogP contribution is -2.44. The first-order valence-corrected chi connectivity index (χ1v) is 6.53. The van der Waals surface area contributed by atoms with Crippen LogP contribution < -0.4 is 0 Å². The smallest absolute Gasteiger partial charge is 0.233 e. The van der Waals surface area contributed by atoms with Crippen LogP contribution in [-0.2, 0) is 14.6 Å². The largest absolute Gasteiger partial charge is 0.340 e. The van der Waals surface area contributed by atoms with Gasteiger partial charge in [0.2, 0.25) is 5.91 Å². The molecular formula is C6H10BrNO3S. The summed E-state index contributed by atoms with van der Waals surface area (Å²) in [6.45, 7) is 0.680. The average Bonchev–Trinajstić information content (AvgIpc) is 2.03. The number of hydrogen-bond acceptors (Lipinski definition) is 3. The highest BCUT2D eigenvalue weighted by molar-refractivity contribution is 9.09. The highest BCUT2D eigenvalue weighted by atomic mass is 79.9. The lowest BCUT2D eigenvalue weighted by Gasteiger charge is -2.25. The number of rotatable bonds is 1. The molecule has 4 nitrogen and oxygen atoms in total. The zero-order valence-corrected chi connectivity index (χ0v) is 8.90. The number of hydrogen-bond donors (Lipinski definition) is 0. The molecule has 0 aliphatic carbocycles. The van der Waals surface area contributed by atoms with Crippen LogP contribution in [-0.4, -0.2) is 49.2 Å². The third kappa shape index (κ3) is 2.45. The molecule has 1 heterocycles. The Morgan fingerprint density at radius 3 is 2.25 bits per heavy atom. The van der Waals surface area contributed by atoms with Crippen molar-refractivity contribution in [2.75, 3.05) is 29.9 Å². The number of alkyl halides is 1. The summed E-state index contributed by atoms with van der Waals surface area (Å²) in [7, 11) is -2.87. The molecule has 12 heavy (non-hydrogen) atoms. The summed E-state index contributed by atoms with van der Waals surface area (Å²) >= 11 is 3.04. The van der Waals surface area contributed by atoms with E-state index in [4.69, 9.17) is 0 Å². The van der Waals surface area contributed by atoms with Crippen LogP contribution >= 0.6 is 15.9 Å². The molecule has 6 heteroatoms. The third-order valence-corrected chi connectivity index (χ3v) is 3.90. The number of carbonyl (C=O) groups is 1. The molecule has 0 aromatic heterocycles. The maximum Gasteiger partial charge on any atom is 0.233 e. The Morgan fingerprint density at radius 2 is 1.83 bits per heavy atom. The number of halogens is 1. The van der Waals surface area contributed by atoms with Gasteiger partial charge in [-0.3, -0.25) is 4.79 Å². The van der Waals surface area contributed by atoms with Crippen LogP contribution in [0, 0.1) is 0 Å². The molecule has 1 aliphatic heterocycles. The van der Waals surface area contributed by atoms with E-state index in [1.54, 1.807) is 4.90 Å². The van der Waals surface area contributed by atoms with Crippen molar-refractivity contribution in [3.63, 3.8) is 0 Å². The first-order valence-electron chi connectivity index (χ1n) is 3.59. The van der Waals surface area contributed by atoms with Crippen LogP contribution in [0.15, 0.2) is 0 Å². The van der Waals surface area contributed by atoms with Gasteiger partial charge < -0.3 is 4.90 Å². The molecule has 1 saturated heterocycles. The Labute approximate surface area is 80.0 Å². The van der Waals surface area contributed by atoms with Crippen molar-refractivity contribution >= 4 is 31.7 Å². The number of carbonyl (C=O) groups excluding carboxylic acids is 1. The van der Waals surface area contributed by atoms with Crippen LogP contribution in [0.3, 0.4) is 0 Å². The zero-order valence-electron chi connectivity index (χ0n) is 6.49. The van der Waals surface area contributed by atoms with E-state index < -0.39 is 9.84 Å². The van der Waals surface area contributed by atoms with E-state index in [9.17, 15) is 13.2 Å². The minimum absolute atomic E-state index is 0.0371. The van der Waals surface area contributed by atoms with Crippen LogP contribution in [0.4, 0.5) is 0 Å². The van der Waals surface area contributed by atoms with Gasteiger partial charge >= 0.3 is 0 Å². The fourth-order valence-corrected chi connectivity index (χ4v) is 2.60. The monoisotopic (exact) mass is 255 g/mol. The first-order chi connectivity index (χ1) is 5.55. The fraction of sp³-hybridized carbons (Fsp3) is 0.833. The van der Waals surface area contributed by atoms with Crippen LogP contribution in [0.2, 0.25) is 0 Å². The van der Waals surface area contributed by atoms with Crippen molar-refractivity contribution < 1.29 is 13.2 Å². The van der Waals surface area contributed by atoms with Gasteiger partial charge in [-0.2, -0.15) is 0 Å². The van der Waals surface area contributed by atoms with Crippen LogP contribution in [0.1, 0.15) is 0 Å². The molecule has 0 aromatic carbocycles. The van der Waals surface area contributed by atoms with Crippen LogP contribution in [0.25, 0.3) is 0 Å². The van der Waals surface area contributed by atoms with Crippen molar-refractivity contribution in [3.05, 3.63) is 0 Å². The number of amides is 1. The topological polar surface area (TPSA) is 54.5 Å². The molecule has 0 bridgehead atoms. The molecule has 0 radical (unpaired) electrons. The van der Waals surface area contributed by atoms with Gasteiger partial charge in [-0.1, -0.05) is 15.9 Å². The van der Waals surface area contributed by atoms with Gasteiger partial charge in [-0.15, -0.1) is 0 Å². The highest BCUT2D eigenvalue weighted by Gasteiger charge is 2.23. The summed E-state index contributed by atoms with van der Waals surface area (Å²) in [4.78, 5) is 12.6. The van der Waals surface area contributed by atoms with Gasteiger partial charge in [0, 0.05) is 13.1 Å². The first kappa shape index (κ1) is 9.98. The number of nitrogens with zero attached hydrogens (tertiary/aromatic N) is 1. The number of sulfone groups is 1. The maximum absolute atomic E-state index is 11.1. The summed E-state index contributed by atoms with van der Waals surface area (Å²) < 4.78 is 21.9. The fourth-order valence-electron chi connectivity index (χ4n) is 1.05. The van der Waals surface area contributed by atoms with E-state index in [-0.39, 0.29) is 22.7 Å². The van der Waals surface area contributed by atoms with E-state index >= 15 is 0 Å². The molecule has 0 saturated carbocycles. The maximum atomic E-state index is 11.1. The highest BCUT2D eigenvalue weighted by Crippen LogP contribution is 2.04. The molecule has 70 valence electrons. The molecule has 1 amide bonds. The third-order valence-electron chi connectivity index (χ3n) is 1.81. The molecule has 0 N–H and O–H groups in total. The Morgan fingerprint density at radius 1 is 1.33 bits per heavy atom. The van der Waals surface area contributed by atoms with Crippen molar-refractivity contribution in [2.24, 2.45) is 0 Å². The van der Waals surface area contributed by atoms with E-state index in [2.05, 4.69) is 15.9 Å². The van der Waals surface area contributed by atoms with E-state index in [1.807, 2.05) is 0 Å². The van der Waals surface area contributed by atoms with E-state index in [1.165, 1.54) is 0 Å². The minimum Gasteiger partial charge on any atom is -0.340 e. The van der Waals surface area contributed by atoms with Crippen molar-refractivity contribution in [1.29, 1.82) is 0 Å². The second-order valence-electron chi connectivity index (χ2n) is 2.67. The second-order valence-corrected chi connectivity index (χ2v) is 5.53. The standard InChI is InChI=1S/C6H10BrNO3S/c7-5-6(9)8-1-3-12(10,11)4-2-8/h1-5H2. The molecule has 0 atom stereocenters. The lowest BCUT2D eigenvalue weighted by molar-refractivity contribution is -0.127. The molecule has 1 fully saturated rings. The molecule has 1 aliphatic rings. The summed E-state index contributed by atoms with van der Waals surface area (Å²) in [5, 5.41) is 0.271. The Hall–Kier alpha value is -0.100. The Balaban J connectivity index is 2.52.